The lowest BCUT2D eigenvalue weighted by atomic mass is 10.2. The van der Waals surface area contributed by atoms with E-state index >= 15 is 0 Å². The van der Waals surface area contributed by atoms with Gasteiger partial charge in [0.05, 0.1) is 17.1 Å². The van der Waals surface area contributed by atoms with E-state index in [1.807, 2.05) is 4.90 Å². The molecule has 0 spiro atoms. The van der Waals surface area contributed by atoms with Crippen molar-refractivity contribution < 1.29 is 15.1 Å². The first-order valence-electron chi connectivity index (χ1n) is 5.38. The molecule has 1 fully saturated rings. The van der Waals surface area contributed by atoms with E-state index in [1.165, 1.54) is 12.1 Å². The molecular weight excluding hydrogens is 224 g/mol. The van der Waals surface area contributed by atoms with Gasteiger partial charge in [0.25, 0.3) is 5.69 Å². The molecule has 1 aliphatic rings. The van der Waals surface area contributed by atoms with Gasteiger partial charge in [-0.2, -0.15) is 0 Å². The van der Waals surface area contributed by atoms with Gasteiger partial charge in [-0.1, -0.05) is 12.1 Å². The summed E-state index contributed by atoms with van der Waals surface area (Å²) in [7, 11) is 0. The smallest absolute Gasteiger partial charge is 0.269 e. The third kappa shape index (κ3) is 2.79. The number of β-amino-alcohol motifs (C(OH)–C–C–N with tert-alkyl or cyclic N) is 2. The molecule has 2 N–H and O–H groups in total. The predicted molar refractivity (Wildman–Crippen MR) is 60.4 cm³/mol. The van der Waals surface area contributed by atoms with E-state index in [1.54, 1.807) is 12.1 Å². The van der Waals surface area contributed by atoms with Gasteiger partial charge in [-0.05, 0) is 5.56 Å². The van der Waals surface area contributed by atoms with Gasteiger partial charge in [0, 0.05) is 31.8 Å². The quantitative estimate of drug-likeness (QED) is 0.577. The number of aliphatic hydroxyl groups is 2. The zero-order valence-electron chi connectivity index (χ0n) is 9.19. The lowest BCUT2D eigenvalue weighted by Crippen LogP contribution is -2.22. The Morgan fingerprint density at radius 1 is 1.35 bits per heavy atom. The van der Waals surface area contributed by atoms with Crippen LogP contribution in [0.25, 0.3) is 0 Å². The standard InChI is InChI=1S/C11H14N2O4/c14-10-6-12(7-11(10)15)5-8-2-1-3-9(4-8)13(16)17/h1-4,10-11,14-15H,5-7H2/t10-,11+. The first-order chi connectivity index (χ1) is 8.06. The second-order valence-electron chi connectivity index (χ2n) is 4.26. The van der Waals surface area contributed by atoms with Crippen LogP contribution >= 0.6 is 0 Å². The number of rotatable bonds is 3. The van der Waals surface area contributed by atoms with E-state index in [0.29, 0.717) is 19.6 Å². The minimum absolute atomic E-state index is 0.0581. The fraction of sp³-hybridized carbons (Fsp3) is 0.455. The summed E-state index contributed by atoms with van der Waals surface area (Å²) < 4.78 is 0. The maximum atomic E-state index is 10.6. The number of nitrogens with zero attached hydrogens (tertiary/aromatic N) is 2. The number of hydrogen-bond acceptors (Lipinski definition) is 5. The number of hydrogen-bond donors (Lipinski definition) is 2. The highest BCUT2D eigenvalue weighted by Crippen LogP contribution is 2.17. The first-order valence-corrected chi connectivity index (χ1v) is 5.38. The third-order valence-electron chi connectivity index (χ3n) is 2.86. The molecule has 1 heterocycles. The molecular formula is C11H14N2O4. The van der Waals surface area contributed by atoms with Crippen LogP contribution in [0.5, 0.6) is 0 Å². The number of nitro groups is 1. The zero-order valence-corrected chi connectivity index (χ0v) is 9.19. The van der Waals surface area contributed by atoms with Crippen molar-refractivity contribution in [2.45, 2.75) is 18.8 Å². The van der Waals surface area contributed by atoms with E-state index in [0.717, 1.165) is 5.56 Å². The largest absolute Gasteiger partial charge is 0.389 e. The van der Waals surface area contributed by atoms with E-state index < -0.39 is 17.1 Å². The maximum absolute atomic E-state index is 10.6. The lowest BCUT2D eigenvalue weighted by molar-refractivity contribution is -0.384. The second-order valence-corrected chi connectivity index (χ2v) is 4.26. The molecule has 0 amide bonds. The Bertz CT molecular complexity index is 414. The molecule has 92 valence electrons. The second kappa shape index (κ2) is 4.79. The summed E-state index contributed by atoms with van der Waals surface area (Å²) in [5.74, 6) is 0. The van der Waals surface area contributed by atoms with E-state index in [9.17, 15) is 20.3 Å². The molecule has 6 nitrogen and oxygen atoms in total. The fourth-order valence-corrected chi connectivity index (χ4v) is 2.00. The number of benzene rings is 1. The van der Waals surface area contributed by atoms with Crippen molar-refractivity contribution in [1.29, 1.82) is 0 Å². The molecule has 0 aromatic heterocycles. The molecule has 6 heteroatoms. The normalized spacial score (nSPS) is 25.1. The SMILES string of the molecule is O=[N+]([O-])c1cccc(CN2C[C@@H](O)[C@@H](O)C2)c1. The Morgan fingerprint density at radius 2 is 2.00 bits per heavy atom. The van der Waals surface area contributed by atoms with Gasteiger partial charge in [-0.15, -0.1) is 0 Å². The number of non-ortho nitro benzene ring substituents is 1. The summed E-state index contributed by atoms with van der Waals surface area (Å²) in [6.07, 6.45) is -1.46. The van der Waals surface area contributed by atoms with Crippen molar-refractivity contribution in [3.05, 3.63) is 39.9 Å². The Balaban J connectivity index is 2.04. The molecule has 2 atom stereocenters. The van der Waals surface area contributed by atoms with Crippen LogP contribution in [-0.4, -0.2) is 45.3 Å². The van der Waals surface area contributed by atoms with Gasteiger partial charge in [-0.25, -0.2) is 0 Å². The van der Waals surface area contributed by atoms with E-state index in [4.69, 9.17) is 0 Å². The lowest BCUT2D eigenvalue weighted by Gasteiger charge is -2.14. The molecule has 0 saturated carbocycles. The zero-order chi connectivity index (χ0) is 12.4. The predicted octanol–water partition coefficient (Wildman–Crippen LogP) is 0.132. The summed E-state index contributed by atoms with van der Waals surface area (Å²) in [4.78, 5) is 12.0. The molecule has 0 unspecified atom stereocenters. The van der Waals surface area contributed by atoms with Gasteiger partial charge in [-0.3, -0.25) is 15.0 Å². The van der Waals surface area contributed by atoms with Crippen LogP contribution < -0.4 is 0 Å². The first kappa shape index (κ1) is 12.0. The van der Waals surface area contributed by atoms with Crippen LogP contribution in [0.3, 0.4) is 0 Å². The van der Waals surface area contributed by atoms with E-state index in [-0.39, 0.29) is 5.69 Å². The molecule has 0 aliphatic carbocycles. The number of aliphatic hydroxyl groups excluding tert-OH is 2. The highest BCUT2D eigenvalue weighted by Gasteiger charge is 2.29. The molecule has 1 aromatic rings. The number of likely N-dealkylation sites (tertiary alicyclic amines) is 1. The van der Waals surface area contributed by atoms with Crippen molar-refractivity contribution in [1.82, 2.24) is 4.90 Å². The summed E-state index contributed by atoms with van der Waals surface area (Å²) in [5.41, 5.74) is 0.864. The highest BCUT2D eigenvalue weighted by molar-refractivity contribution is 5.34. The fourth-order valence-electron chi connectivity index (χ4n) is 2.00. The molecule has 17 heavy (non-hydrogen) atoms. The molecule has 0 bridgehead atoms. The topological polar surface area (TPSA) is 86.8 Å². The Hall–Kier alpha value is -1.50. The van der Waals surface area contributed by atoms with Crippen molar-refractivity contribution in [3.8, 4) is 0 Å². The summed E-state index contributed by atoms with van der Waals surface area (Å²) in [6.45, 7) is 1.28. The van der Waals surface area contributed by atoms with Crippen molar-refractivity contribution in [3.63, 3.8) is 0 Å². The Morgan fingerprint density at radius 3 is 2.59 bits per heavy atom. The van der Waals surface area contributed by atoms with Gasteiger partial charge < -0.3 is 10.2 Å². The number of nitro benzene ring substituents is 1. The van der Waals surface area contributed by atoms with Crippen LogP contribution in [0.4, 0.5) is 5.69 Å². The van der Waals surface area contributed by atoms with Crippen LogP contribution in [0.1, 0.15) is 5.56 Å². The minimum atomic E-state index is -0.728. The monoisotopic (exact) mass is 238 g/mol. The van der Waals surface area contributed by atoms with Crippen molar-refractivity contribution >= 4 is 5.69 Å². The minimum Gasteiger partial charge on any atom is -0.389 e. The Kier molecular flexibility index (Phi) is 3.37. The highest BCUT2D eigenvalue weighted by atomic mass is 16.6. The Labute approximate surface area is 98.3 Å². The summed E-state index contributed by atoms with van der Waals surface area (Å²) in [6, 6.07) is 6.38. The average Bonchev–Trinajstić information content (AvgIpc) is 2.58. The van der Waals surface area contributed by atoms with Crippen LogP contribution in [0.15, 0.2) is 24.3 Å². The van der Waals surface area contributed by atoms with Gasteiger partial charge >= 0.3 is 0 Å². The van der Waals surface area contributed by atoms with Gasteiger partial charge in [0.15, 0.2) is 0 Å². The van der Waals surface area contributed by atoms with Crippen molar-refractivity contribution in [2.75, 3.05) is 13.1 Å². The van der Waals surface area contributed by atoms with Gasteiger partial charge in [0.1, 0.15) is 0 Å². The maximum Gasteiger partial charge on any atom is 0.269 e. The molecule has 1 aliphatic heterocycles. The summed E-state index contributed by atoms with van der Waals surface area (Å²) >= 11 is 0. The molecule has 0 radical (unpaired) electrons. The van der Waals surface area contributed by atoms with Crippen LogP contribution in [-0.2, 0) is 6.54 Å². The third-order valence-corrected chi connectivity index (χ3v) is 2.86. The van der Waals surface area contributed by atoms with Gasteiger partial charge in [0.2, 0.25) is 0 Å². The molecule has 1 saturated heterocycles. The average molecular weight is 238 g/mol. The molecule has 2 rings (SSSR count). The van der Waals surface area contributed by atoms with Crippen LogP contribution in [0.2, 0.25) is 0 Å². The van der Waals surface area contributed by atoms with Crippen LogP contribution in [0, 0.1) is 10.1 Å². The van der Waals surface area contributed by atoms with E-state index in [2.05, 4.69) is 0 Å². The summed E-state index contributed by atoms with van der Waals surface area (Å²) in [5, 5.41) is 29.4. The molecule has 1 aromatic carbocycles. The van der Waals surface area contributed by atoms with Crippen molar-refractivity contribution in [2.24, 2.45) is 0 Å².